The topological polar surface area (TPSA) is 78.9 Å². The highest BCUT2D eigenvalue weighted by Gasteiger charge is 2.09. The molecule has 6 heteroatoms. The summed E-state index contributed by atoms with van der Waals surface area (Å²) in [6, 6.07) is 5.37. The van der Waals surface area contributed by atoms with Gasteiger partial charge < -0.3 is 10.1 Å². The van der Waals surface area contributed by atoms with Crippen molar-refractivity contribution in [3.8, 4) is 17.4 Å². The van der Waals surface area contributed by atoms with Gasteiger partial charge in [0.1, 0.15) is 9.26 Å². The summed E-state index contributed by atoms with van der Waals surface area (Å²) in [6.45, 7) is 1.84. The number of rotatable bonds is 1. The van der Waals surface area contributed by atoms with Crippen molar-refractivity contribution >= 4 is 22.6 Å². The third kappa shape index (κ3) is 2.06. The standard InChI is InChI=1S/C10H8IN3O2/c1-5-3-2-4-6(12-5)8-13-9(15)7(11)10(16)14-8/h2-4H,1H3,(H2,13,14,15,16). The van der Waals surface area contributed by atoms with Crippen molar-refractivity contribution in [2.24, 2.45) is 0 Å². The fraction of sp³-hybridized carbons (Fsp3) is 0.100. The van der Waals surface area contributed by atoms with Crippen molar-refractivity contribution in [1.29, 1.82) is 0 Å². The van der Waals surface area contributed by atoms with Gasteiger partial charge in [-0.25, -0.2) is 4.98 Å². The summed E-state index contributed by atoms with van der Waals surface area (Å²) in [4.78, 5) is 22.1. The number of H-pyrrole nitrogens is 1. The van der Waals surface area contributed by atoms with Crippen LogP contribution in [0.2, 0.25) is 0 Å². The zero-order valence-corrected chi connectivity index (χ0v) is 10.5. The lowest BCUT2D eigenvalue weighted by Crippen LogP contribution is -2.12. The first-order chi connectivity index (χ1) is 7.58. The van der Waals surface area contributed by atoms with E-state index in [0.717, 1.165) is 5.69 Å². The quantitative estimate of drug-likeness (QED) is 0.776. The molecule has 0 radical (unpaired) electrons. The Labute approximate surface area is 105 Å². The van der Waals surface area contributed by atoms with E-state index in [9.17, 15) is 9.90 Å². The Kier molecular flexibility index (Phi) is 2.90. The van der Waals surface area contributed by atoms with Crippen molar-refractivity contribution in [1.82, 2.24) is 15.0 Å². The van der Waals surface area contributed by atoms with Crippen LogP contribution in [0.5, 0.6) is 5.88 Å². The molecule has 0 amide bonds. The molecule has 0 aliphatic rings. The smallest absolute Gasteiger partial charge is 0.268 e. The van der Waals surface area contributed by atoms with Crippen LogP contribution < -0.4 is 5.56 Å². The predicted molar refractivity (Wildman–Crippen MR) is 67.2 cm³/mol. The zero-order chi connectivity index (χ0) is 11.7. The Morgan fingerprint density at radius 1 is 1.38 bits per heavy atom. The van der Waals surface area contributed by atoms with Crippen molar-refractivity contribution in [3.63, 3.8) is 0 Å². The Morgan fingerprint density at radius 2 is 2.12 bits per heavy atom. The number of hydrogen-bond acceptors (Lipinski definition) is 4. The number of nitrogens with one attached hydrogen (secondary N) is 1. The summed E-state index contributed by atoms with van der Waals surface area (Å²) in [5.74, 6) is -0.00530. The van der Waals surface area contributed by atoms with Gasteiger partial charge in [0, 0.05) is 5.69 Å². The van der Waals surface area contributed by atoms with Crippen LogP contribution in [0.15, 0.2) is 23.0 Å². The molecule has 0 fully saturated rings. The molecule has 0 aliphatic carbocycles. The SMILES string of the molecule is Cc1cccc(-c2nc(O)c(I)c(=O)[nH]2)n1. The number of aryl methyl sites for hydroxylation is 1. The van der Waals surface area contributed by atoms with Crippen LogP contribution >= 0.6 is 22.6 Å². The van der Waals surface area contributed by atoms with Crippen LogP contribution in [-0.2, 0) is 0 Å². The van der Waals surface area contributed by atoms with Gasteiger partial charge >= 0.3 is 0 Å². The maximum Gasteiger partial charge on any atom is 0.268 e. The maximum absolute atomic E-state index is 11.4. The lowest BCUT2D eigenvalue weighted by molar-refractivity contribution is 0.447. The number of aromatic hydroxyl groups is 1. The Hall–Kier alpha value is -1.44. The highest BCUT2D eigenvalue weighted by Crippen LogP contribution is 2.16. The van der Waals surface area contributed by atoms with Crippen LogP contribution in [0.1, 0.15) is 5.69 Å². The zero-order valence-electron chi connectivity index (χ0n) is 8.36. The molecular formula is C10H8IN3O2. The highest BCUT2D eigenvalue weighted by atomic mass is 127. The molecule has 16 heavy (non-hydrogen) atoms. The molecule has 82 valence electrons. The molecule has 0 atom stereocenters. The Bertz CT molecular complexity index is 595. The van der Waals surface area contributed by atoms with E-state index in [4.69, 9.17) is 0 Å². The number of aromatic nitrogens is 3. The molecular weight excluding hydrogens is 321 g/mol. The van der Waals surface area contributed by atoms with Crippen LogP contribution in [0.25, 0.3) is 11.5 Å². The first-order valence-corrected chi connectivity index (χ1v) is 5.58. The van der Waals surface area contributed by atoms with Gasteiger partial charge in [-0.15, -0.1) is 0 Å². The normalized spacial score (nSPS) is 10.4. The minimum absolute atomic E-state index is 0.175. The molecule has 0 unspecified atom stereocenters. The van der Waals surface area contributed by atoms with E-state index in [2.05, 4.69) is 15.0 Å². The average Bonchev–Trinajstić information content (AvgIpc) is 2.25. The van der Waals surface area contributed by atoms with Gasteiger partial charge in [0.2, 0.25) is 5.88 Å². The van der Waals surface area contributed by atoms with Gasteiger partial charge in [-0.3, -0.25) is 4.79 Å². The summed E-state index contributed by atoms with van der Waals surface area (Å²) < 4.78 is 0.175. The number of hydrogen-bond donors (Lipinski definition) is 2. The summed E-state index contributed by atoms with van der Waals surface area (Å²) in [6.07, 6.45) is 0. The fourth-order valence-electron chi connectivity index (χ4n) is 1.24. The van der Waals surface area contributed by atoms with E-state index < -0.39 is 0 Å². The van der Waals surface area contributed by atoms with Crippen LogP contribution in [0.3, 0.4) is 0 Å². The largest absolute Gasteiger partial charge is 0.492 e. The third-order valence-corrected chi connectivity index (χ3v) is 2.95. The molecule has 0 saturated heterocycles. The predicted octanol–water partition coefficient (Wildman–Crippen LogP) is 1.45. The van der Waals surface area contributed by atoms with Gasteiger partial charge in [0.15, 0.2) is 5.82 Å². The summed E-state index contributed by atoms with van der Waals surface area (Å²) in [7, 11) is 0. The first-order valence-electron chi connectivity index (χ1n) is 4.51. The second-order valence-corrected chi connectivity index (χ2v) is 4.30. The van der Waals surface area contributed by atoms with Gasteiger partial charge in [0.05, 0.1) is 0 Å². The molecule has 2 aromatic rings. The third-order valence-electron chi connectivity index (χ3n) is 1.98. The summed E-state index contributed by atoms with van der Waals surface area (Å²) in [5, 5.41) is 9.45. The minimum atomic E-state index is -0.369. The minimum Gasteiger partial charge on any atom is -0.492 e. The number of aromatic amines is 1. The van der Waals surface area contributed by atoms with Crippen LogP contribution in [0.4, 0.5) is 0 Å². The molecule has 2 aromatic heterocycles. The van der Waals surface area contributed by atoms with Crippen molar-refractivity contribution in [2.75, 3.05) is 0 Å². The second kappa shape index (κ2) is 4.20. The fourth-order valence-corrected chi connectivity index (χ4v) is 1.50. The van der Waals surface area contributed by atoms with Crippen molar-refractivity contribution < 1.29 is 5.11 Å². The van der Waals surface area contributed by atoms with E-state index in [-0.39, 0.29) is 20.8 Å². The summed E-state index contributed by atoms with van der Waals surface area (Å²) >= 11 is 1.73. The van der Waals surface area contributed by atoms with Crippen molar-refractivity contribution in [2.45, 2.75) is 6.92 Å². The second-order valence-electron chi connectivity index (χ2n) is 3.22. The Morgan fingerprint density at radius 3 is 2.75 bits per heavy atom. The van der Waals surface area contributed by atoms with Crippen LogP contribution in [0, 0.1) is 10.5 Å². The maximum atomic E-state index is 11.4. The first kappa shape index (κ1) is 11.1. The van der Waals surface area contributed by atoms with Gasteiger partial charge in [-0.1, -0.05) is 6.07 Å². The molecule has 0 spiro atoms. The molecule has 0 bridgehead atoms. The summed E-state index contributed by atoms with van der Waals surface area (Å²) in [5.41, 5.74) is 0.980. The molecule has 0 saturated carbocycles. The lowest BCUT2D eigenvalue weighted by atomic mass is 10.3. The molecule has 5 nitrogen and oxygen atoms in total. The lowest BCUT2D eigenvalue weighted by Gasteiger charge is -2.02. The number of nitrogens with zero attached hydrogens (tertiary/aromatic N) is 2. The van der Waals surface area contributed by atoms with Gasteiger partial charge in [-0.2, -0.15) is 4.98 Å². The number of halogens is 1. The van der Waals surface area contributed by atoms with Crippen molar-refractivity contribution in [3.05, 3.63) is 37.8 Å². The van der Waals surface area contributed by atoms with E-state index in [1.807, 2.05) is 19.1 Å². The Balaban J connectivity index is 2.61. The van der Waals surface area contributed by atoms with Crippen LogP contribution in [-0.4, -0.2) is 20.1 Å². The van der Waals surface area contributed by atoms with Gasteiger partial charge in [0.25, 0.3) is 5.56 Å². The molecule has 0 aliphatic heterocycles. The molecule has 2 N–H and O–H groups in total. The average molecular weight is 329 g/mol. The van der Waals surface area contributed by atoms with Gasteiger partial charge in [-0.05, 0) is 41.6 Å². The molecule has 2 rings (SSSR count). The van der Waals surface area contributed by atoms with E-state index in [0.29, 0.717) is 5.69 Å². The monoisotopic (exact) mass is 329 g/mol. The molecule has 2 heterocycles. The number of pyridine rings is 1. The highest BCUT2D eigenvalue weighted by molar-refractivity contribution is 14.1. The van der Waals surface area contributed by atoms with E-state index in [1.165, 1.54) is 0 Å². The van der Waals surface area contributed by atoms with E-state index in [1.54, 1.807) is 28.7 Å². The van der Waals surface area contributed by atoms with E-state index >= 15 is 0 Å². The molecule has 0 aromatic carbocycles.